The van der Waals surface area contributed by atoms with Crippen LogP contribution in [0.3, 0.4) is 0 Å². The van der Waals surface area contributed by atoms with E-state index in [2.05, 4.69) is 10.7 Å². The molecule has 0 atom stereocenters. The largest absolute Gasteiger partial charge is 0.328 e. The van der Waals surface area contributed by atoms with Crippen LogP contribution in [-0.4, -0.2) is 17.7 Å². The summed E-state index contributed by atoms with van der Waals surface area (Å²) in [7, 11) is 0. The standard InChI is InChI=1S/C18H16ClN3O3/c1-12-14(19)8-5-9-15(12)20-17(24)18(25)22-21-16(23)11-10-13-6-3-2-4-7-13/h2-11H,1H3,(H,20,24)(H,21,23)(H,22,25). The van der Waals surface area contributed by atoms with Crippen LogP contribution in [0.5, 0.6) is 0 Å². The van der Waals surface area contributed by atoms with Gasteiger partial charge in [-0.25, -0.2) is 0 Å². The number of rotatable bonds is 3. The highest BCUT2D eigenvalue weighted by Gasteiger charge is 2.15. The van der Waals surface area contributed by atoms with Gasteiger partial charge < -0.3 is 5.32 Å². The van der Waals surface area contributed by atoms with Crippen LogP contribution in [0.2, 0.25) is 5.02 Å². The van der Waals surface area contributed by atoms with Crippen molar-refractivity contribution in [1.82, 2.24) is 10.9 Å². The molecule has 3 N–H and O–H groups in total. The Morgan fingerprint density at radius 3 is 2.36 bits per heavy atom. The minimum atomic E-state index is -0.999. The maximum Gasteiger partial charge on any atom is 0.328 e. The normalized spacial score (nSPS) is 10.3. The summed E-state index contributed by atoms with van der Waals surface area (Å²) in [5, 5.41) is 2.90. The van der Waals surface area contributed by atoms with Gasteiger partial charge in [-0.2, -0.15) is 0 Å². The second kappa shape index (κ2) is 8.65. The van der Waals surface area contributed by atoms with Gasteiger partial charge in [0.1, 0.15) is 0 Å². The number of hydrazine groups is 1. The summed E-state index contributed by atoms with van der Waals surface area (Å²) in [6.07, 6.45) is 2.82. The van der Waals surface area contributed by atoms with E-state index in [4.69, 9.17) is 11.6 Å². The van der Waals surface area contributed by atoms with E-state index in [1.54, 1.807) is 31.2 Å². The summed E-state index contributed by atoms with van der Waals surface area (Å²) in [4.78, 5) is 35.2. The Morgan fingerprint density at radius 2 is 1.64 bits per heavy atom. The minimum Gasteiger partial charge on any atom is -0.317 e. The molecular weight excluding hydrogens is 342 g/mol. The Hall–Kier alpha value is -3.12. The Bertz CT molecular complexity index is 820. The maximum absolute atomic E-state index is 11.8. The Morgan fingerprint density at radius 1 is 0.920 bits per heavy atom. The molecule has 2 rings (SSSR count). The van der Waals surface area contributed by atoms with Crippen molar-refractivity contribution in [3.8, 4) is 0 Å². The molecule has 2 aromatic rings. The summed E-state index contributed by atoms with van der Waals surface area (Å²) in [5.41, 5.74) is 6.06. The second-order valence-corrected chi connectivity index (χ2v) is 5.46. The molecule has 0 aliphatic heterocycles. The molecule has 6 nitrogen and oxygen atoms in total. The molecule has 128 valence electrons. The van der Waals surface area contributed by atoms with Gasteiger partial charge in [0.25, 0.3) is 5.91 Å². The van der Waals surface area contributed by atoms with Gasteiger partial charge in [-0.3, -0.25) is 25.2 Å². The van der Waals surface area contributed by atoms with Crippen molar-refractivity contribution in [3.63, 3.8) is 0 Å². The predicted molar refractivity (Wildman–Crippen MR) is 96.6 cm³/mol. The van der Waals surface area contributed by atoms with E-state index < -0.39 is 17.7 Å². The fourth-order valence-corrected chi connectivity index (χ4v) is 2.05. The zero-order valence-electron chi connectivity index (χ0n) is 13.4. The zero-order chi connectivity index (χ0) is 18.2. The molecular formula is C18H16ClN3O3. The van der Waals surface area contributed by atoms with Crippen molar-refractivity contribution >= 4 is 41.1 Å². The van der Waals surface area contributed by atoms with Gasteiger partial charge in [-0.1, -0.05) is 48.0 Å². The molecule has 0 bridgehead atoms. The number of carbonyl (C=O) groups excluding carboxylic acids is 3. The van der Waals surface area contributed by atoms with Gasteiger partial charge >= 0.3 is 11.8 Å². The average Bonchev–Trinajstić information content (AvgIpc) is 2.62. The third-order valence-electron chi connectivity index (χ3n) is 3.25. The highest BCUT2D eigenvalue weighted by atomic mass is 35.5. The lowest BCUT2D eigenvalue weighted by Crippen LogP contribution is -2.46. The zero-order valence-corrected chi connectivity index (χ0v) is 14.1. The molecule has 0 fully saturated rings. The van der Waals surface area contributed by atoms with Crippen LogP contribution in [0.25, 0.3) is 6.08 Å². The Kier molecular flexibility index (Phi) is 6.31. The molecule has 0 aliphatic rings. The van der Waals surface area contributed by atoms with E-state index in [1.165, 1.54) is 6.08 Å². The third kappa shape index (κ3) is 5.47. The number of halogens is 1. The van der Waals surface area contributed by atoms with Gasteiger partial charge in [0, 0.05) is 16.8 Å². The van der Waals surface area contributed by atoms with Crippen LogP contribution < -0.4 is 16.2 Å². The van der Waals surface area contributed by atoms with E-state index in [0.717, 1.165) is 5.56 Å². The first-order chi connectivity index (χ1) is 12.0. The molecule has 0 spiro atoms. The first kappa shape index (κ1) is 18.2. The van der Waals surface area contributed by atoms with Gasteiger partial charge in [-0.05, 0) is 36.3 Å². The quantitative estimate of drug-likeness (QED) is 0.448. The molecule has 0 aliphatic carbocycles. The second-order valence-electron chi connectivity index (χ2n) is 5.05. The van der Waals surface area contributed by atoms with Crippen molar-refractivity contribution in [2.45, 2.75) is 6.92 Å². The van der Waals surface area contributed by atoms with Crippen molar-refractivity contribution in [1.29, 1.82) is 0 Å². The number of benzene rings is 2. The summed E-state index contributed by atoms with van der Waals surface area (Å²) in [6.45, 7) is 1.71. The predicted octanol–water partition coefficient (Wildman–Crippen LogP) is 2.45. The van der Waals surface area contributed by atoms with Gasteiger partial charge in [0.05, 0.1) is 0 Å². The third-order valence-corrected chi connectivity index (χ3v) is 3.66. The molecule has 2 aromatic carbocycles. The van der Waals surface area contributed by atoms with Crippen LogP contribution in [-0.2, 0) is 14.4 Å². The lowest BCUT2D eigenvalue weighted by molar-refractivity contribution is -0.137. The number of hydrogen-bond donors (Lipinski definition) is 3. The summed E-state index contributed by atoms with van der Waals surface area (Å²) >= 11 is 5.95. The topological polar surface area (TPSA) is 87.3 Å². The number of anilines is 1. The number of carbonyl (C=O) groups is 3. The molecule has 0 saturated carbocycles. The summed E-state index contributed by atoms with van der Waals surface area (Å²) in [6, 6.07) is 14.1. The van der Waals surface area contributed by atoms with Crippen molar-refractivity contribution < 1.29 is 14.4 Å². The molecule has 25 heavy (non-hydrogen) atoms. The minimum absolute atomic E-state index is 0.419. The molecule has 0 aromatic heterocycles. The van der Waals surface area contributed by atoms with Gasteiger partial charge in [0.2, 0.25) is 0 Å². The van der Waals surface area contributed by atoms with Crippen LogP contribution in [0.15, 0.2) is 54.6 Å². The average molecular weight is 358 g/mol. The van der Waals surface area contributed by atoms with Crippen LogP contribution in [0, 0.1) is 6.92 Å². The molecule has 3 amide bonds. The number of amides is 3. The fraction of sp³-hybridized carbons (Fsp3) is 0.0556. The summed E-state index contributed by atoms with van der Waals surface area (Å²) < 4.78 is 0. The van der Waals surface area contributed by atoms with E-state index in [-0.39, 0.29) is 0 Å². The van der Waals surface area contributed by atoms with Crippen LogP contribution in [0.4, 0.5) is 5.69 Å². The first-order valence-electron chi connectivity index (χ1n) is 7.37. The highest BCUT2D eigenvalue weighted by molar-refractivity contribution is 6.40. The monoisotopic (exact) mass is 357 g/mol. The smallest absolute Gasteiger partial charge is 0.317 e. The summed E-state index contributed by atoms with van der Waals surface area (Å²) in [5.74, 6) is -2.48. The fourth-order valence-electron chi connectivity index (χ4n) is 1.87. The molecule has 0 saturated heterocycles. The van der Waals surface area contributed by atoms with E-state index in [9.17, 15) is 14.4 Å². The van der Waals surface area contributed by atoms with Gasteiger partial charge in [-0.15, -0.1) is 0 Å². The SMILES string of the molecule is Cc1c(Cl)cccc1NC(=O)C(=O)NNC(=O)C=Cc1ccccc1. The number of hydrogen-bond acceptors (Lipinski definition) is 3. The number of nitrogens with one attached hydrogen (secondary N) is 3. The Balaban J connectivity index is 1.85. The highest BCUT2D eigenvalue weighted by Crippen LogP contribution is 2.22. The molecule has 0 radical (unpaired) electrons. The van der Waals surface area contributed by atoms with Gasteiger partial charge in [0.15, 0.2) is 0 Å². The van der Waals surface area contributed by atoms with Crippen LogP contribution >= 0.6 is 11.6 Å². The van der Waals surface area contributed by atoms with Crippen molar-refractivity contribution in [2.75, 3.05) is 5.32 Å². The van der Waals surface area contributed by atoms with Crippen molar-refractivity contribution in [2.24, 2.45) is 0 Å². The van der Waals surface area contributed by atoms with Crippen LogP contribution in [0.1, 0.15) is 11.1 Å². The lowest BCUT2D eigenvalue weighted by atomic mass is 10.2. The van der Waals surface area contributed by atoms with Crippen molar-refractivity contribution in [3.05, 3.63) is 70.8 Å². The van der Waals surface area contributed by atoms with E-state index >= 15 is 0 Å². The molecule has 7 heteroatoms. The van der Waals surface area contributed by atoms with E-state index in [0.29, 0.717) is 16.3 Å². The Labute approximate surface area is 149 Å². The molecule has 0 heterocycles. The lowest BCUT2D eigenvalue weighted by Gasteiger charge is -2.09. The molecule has 0 unspecified atom stereocenters. The van der Waals surface area contributed by atoms with E-state index in [1.807, 2.05) is 35.8 Å². The maximum atomic E-state index is 11.8. The first-order valence-corrected chi connectivity index (χ1v) is 7.74.